The summed E-state index contributed by atoms with van der Waals surface area (Å²) >= 11 is 0. The minimum absolute atomic E-state index is 0.0304. The Kier molecular flexibility index (Phi) is 3.84. The fourth-order valence-electron chi connectivity index (χ4n) is 1.11. The highest BCUT2D eigenvalue weighted by Gasteiger charge is 2.17. The summed E-state index contributed by atoms with van der Waals surface area (Å²) in [5.41, 5.74) is 0.353. The second-order valence-electron chi connectivity index (χ2n) is 4.40. The van der Waals surface area contributed by atoms with Crippen molar-refractivity contribution >= 4 is 11.7 Å². The molecule has 1 aromatic rings. The molecule has 0 aliphatic rings. The van der Waals surface area contributed by atoms with E-state index < -0.39 is 5.97 Å². The van der Waals surface area contributed by atoms with Gasteiger partial charge in [-0.1, -0.05) is 13.8 Å². The third kappa shape index (κ3) is 3.20. The Balaban J connectivity index is 2.78. The highest BCUT2D eigenvalue weighted by molar-refractivity contribution is 5.93. The van der Waals surface area contributed by atoms with E-state index in [-0.39, 0.29) is 17.6 Å². The van der Waals surface area contributed by atoms with E-state index in [1.165, 1.54) is 18.5 Å². The molecule has 3 N–H and O–H groups in total. The number of carboxylic acid groups (broad SMARTS) is 1. The third-order valence-electron chi connectivity index (χ3n) is 2.24. The van der Waals surface area contributed by atoms with Gasteiger partial charge < -0.3 is 15.5 Å². The SMILES string of the molecule is CC(C)(CO)CNc1cnccc1C(=O)O. The quantitative estimate of drug-likeness (QED) is 0.700. The van der Waals surface area contributed by atoms with Crippen LogP contribution in [0.1, 0.15) is 24.2 Å². The van der Waals surface area contributed by atoms with E-state index in [4.69, 9.17) is 10.2 Å². The summed E-state index contributed by atoms with van der Waals surface area (Å²) in [5.74, 6) is -0.994. The number of nitrogens with one attached hydrogen (secondary N) is 1. The maximum atomic E-state index is 10.9. The summed E-state index contributed by atoms with van der Waals surface area (Å²) in [6, 6.07) is 1.44. The molecule has 0 atom stereocenters. The van der Waals surface area contributed by atoms with E-state index in [0.29, 0.717) is 12.2 Å². The van der Waals surface area contributed by atoms with Gasteiger partial charge >= 0.3 is 5.97 Å². The molecule has 0 saturated heterocycles. The standard InChI is InChI=1S/C11H16N2O3/c1-11(2,7-14)6-13-9-5-12-4-3-8(9)10(15)16/h3-5,13-14H,6-7H2,1-2H3,(H,15,16). The molecule has 0 spiro atoms. The van der Waals surface area contributed by atoms with Crippen LogP contribution in [0, 0.1) is 5.41 Å². The summed E-state index contributed by atoms with van der Waals surface area (Å²) in [6.45, 7) is 4.28. The Labute approximate surface area is 94.1 Å². The third-order valence-corrected chi connectivity index (χ3v) is 2.24. The fraction of sp³-hybridized carbons (Fsp3) is 0.455. The van der Waals surface area contributed by atoms with E-state index in [1.54, 1.807) is 0 Å². The number of pyridine rings is 1. The summed E-state index contributed by atoms with van der Waals surface area (Å²) < 4.78 is 0. The molecule has 1 heterocycles. The van der Waals surface area contributed by atoms with Gasteiger partial charge in [0, 0.05) is 24.8 Å². The van der Waals surface area contributed by atoms with Gasteiger partial charge in [-0.2, -0.15) is 0 Å². The Morgan fingerprint density at radius 3 is 2.81 bits per heavy atom. The van der Waals surface area contributed by atoms with E-state index in [2.05, 4.69) is 10.3 Å². The Bertz CT molecular complexity index is 377. The minimum atomic E-state index is -0.994. The minimum Gasteiger partial charge on any atom is -0.478 e. The van der Waals surface area contributed by atoms with Gasteiger partial charge in [0.05, 0.1) is 17.4 Å². The molecule has 0 aromatic carbocycles. The zero-order valence-electron chi connectivity index (χ0n) is 9.40. The molecule has 1 aromatic heterocycles. The van der Waals surface area contributed by atoms with Gasteiger partial charge in [-0.15, -0.1) is 0 Å². The average Bonchev–Trinajstić information content (AvgIpc) is 2.27. The van der Waals surface area contributed by atoms with Gasteiger partial charge in [-0.25, -0.2) is 4.79 Å². The highest BCUT2D eigenvalue weighted by Crippen LogP contribution is 2.18. The van der Waals surface area contributed by atoms with E-state index in [0.717, 1.165) is 0 Å². The molecule has 5 nitrogen and oxygen atoms in total. The Morgan fingerprint density at radius 2 is 2.25 bits per heavy atom. The Morgan fingerprint density at radius 1 is 1.56 bits per heavy atom. The fourth-order valence-corrected chi connectivity index (χ4v) is 1.11. The van der Waals surface area contributed by atoms with Crippen molar-refractivity contribution in [3.8, 4) is 0 Å². The molecule has 0 fully saturated rings. The molecule has 5 heteroatoms. The molecule has 88 valence electrons. The molecular formula is C11H16N2O3. The lowest BCUT2D eigenvalue weighted by molar-refractivity contribution is 0.0697. The molecule has 0 saturated carbocycles. The first-order valence-electron chi connectivity index (χ1n) is 4.98. The maximum Gasteiger partial charge on any atom is 0.337 e. The molecule has 0 aliphatic carbocycles. The molecular weight excluding hydrogens is 208 g/mol. The van der Waals surface area contributed by atoms with Crippen LogP contribution in [0.3, 0.4) is 0 Å². The van der Waals surface area contributed by atoms with Crippen molar-refractivity contribution in [3.63, 3.8) is 0 Å². The first-order valence-corrected chi connectivity index (χ1v) is 4.98. The molecule has 0 aliphatic heterocycles. The number of aromatic nitrogens is 1. The van der Waals surface area contributed by atoms with Crippen molar-refractivity contribution in [1.29, 1.82) is 0 Å². The second kappa shape index (κ2) is 4.94. The van der Waals surface area contributed by atoms with Crippen LogP contribution in [0.5, 0.6) is 0 Å². The largest absolute Gasteiger partial charge is 0.478 e. The number of aliphatic hydroxyl groups excluding tert-OH is 1. The van der Waals surface area contributed by atoms with Crippen LogP contribution in [-0.2, 0) is 0 Å². The van der Waals surface area contributed by atoms with Gasteiger partial charge in [0.25, 0.3) is 0 Å². The zero-order chi connectivity index (χ0) is 12.2. The zero-order valence-corrected chi connectivity index (χ0v) is 9.40. The van der Waals surface area contributed by atoms with Crippen molar-refractivity contribution in [1.82, 2.24) is 4.98 Å². The topological polar surface area (TPSA) is 82.5 Å². The second-order valence-corrected chi connectivity index (χ2v) is 4.40. The van der Waals surface area contributed by atoms with E-state index in [1.807, 2.05) is 13.8 Å². The average molecular weight is 224 g/mol. The molecule has 0 radical (unpaired) electrons. The molecule has 16 heavy (non-hydrogen) atoms. The van der Waals surface area contributed by atoms with E-state index >= 15 is 0 Å². The number of carbonyl (C=O) groups is 1. The van der Waals surface area contributed by atoms with Crippen LogP contribution in [-0.4, -0.2) is 34.3 Å². The van der Waals surface area contributed by atoms with Crippen molar-refractivity contribution in [2.45, 2.75) is 13.8 Å². The normalized spacial score (nSPS) is 11.2. The lowest BCUT2D eigenvalue weighted by Crippen LogP contribution is -2.27. The van der Waals surface area contributed by atoms with Gasteiger partial charge in [-0.05, 0) is 6.07 Å². The summed E-state index contributed by atoms with van der Waals surface area (Å²) in [4.78, 5) is 14.8. The van der Waals surface area contributed by atoms with Gasteiger partial charge in [0.15, 0.2) is 0 Å². The number of aromatic carboxylic acids is 1. The van der Waals surface area contributed by atoms with E-state index in [9.17, 15) is 4.79 Å². The van der Waals surface area contributed by atoms with Crippen molar-refractivity contribution in [3.05, 3.63) is 24.0 Å². The molecule has 0 unspecified atom stereocenters. The number of rotatable bonds is 5. The number of anilines is 1. The maximum absolute atomic E-state index is 10.9. The van der Waals surface area contributed by atoms with Gasteiger partial charge in [0.1, 0.15) is 0 Å². The number of hydrogen-bond donors (Lipinski definition) is 3. The van der Waals surface area contributed by atoms with Crippen LogP contribution in [0.4, 0.5) is 5.69 Å². The summed E-state index contributed by atoms with van der Waals surface area (Å²) in [6.07, 6.45) is 2.91. The predicted molar refractivity (Wildman–Crippen MR) is 60.6 cm³/mol. The van der Waals surface area contributed by atoms with Crippen LogP contribution in [0.15, 0.2) is 18.5 Å². The van der Waals surface area contributed by atoms with Crippen LogP contribution >= 0.6 is 0 Å². The predicted octanol–water partition coefficient (Wildman–Crippen LogP) is 1.21. The molecule has 0 bridgehead atoms. The van der Waals surface area contributed by atoms with Crippen LogP contribution < -0.4 is 5.32 Å². The van der Waals surface area contributed by atoms with Crippen molar-refractivity contribution in [2.75, 3.05) is 18.5 Å². The van der Waals surface area contributed by atoms with Crippen LogP contribution in [0.2, 0.25) is 0 Å². The first-order chi connectivity index (χ1) is 7.46. The summed E-state index contributed by atoms with van der Waals surface area (Å²) in [7, 11) is 0. The number of aliphatic hydroxyl groups is 1. The Hall–Kier alpha value is -1.62. The summed E-state index contributed by atoms with van der Waals surface area (Å²) in [5, 5.41) is 21.0. The number of hydrogen-bond acceptors (Lipinski definition) is 4. The van der Waals surface area contributed by atoms with Crippen molar-refractivity contribution in [2.24, 2.45) is 5.41 Å². The first kappa shape index (κ1) is 12.4. The van der Waals surface area contributed by atoms with Crippen LogP contribution in [0.25, 0.3) is 0 Å². The lowest BCUT2D eigenvalue weighted by atomic mass is 9.95. The number of nitrogens with zero attached hydrogens (tertiary/aromatic N) is 1. The van der Waals surface area contributed by atoms with Crippen molar-refractivity contribution < 1.29 is 15.0 Å². The van der Waals surface area contributed by atoms with Gasteiger partial charge in [0.2, 0.25) is 0 Å². The molecule has 1 rings (SSSR count). The smallest absolute Gasteiger partial charge is 0.337 e. The highest BCUT2D eigenvalue weighted by atomic mass is 16.4. The van der Waals surface area contributed by atoms with Gasteiger partial charge in [-0.3, -0.25) is 4.98 Å². The monoisotopic (exact) mass is 224 g/mol. The lowest BCUT2D eigenvalue weighted by Gasteiger charge is -2.22. The molecule has 0 amide bonds. The number of carboxylic acids is 1.